The van der Waals surface area contributed by atoms with Crippen molar-refractivity contribution in [1.29, 1.82) is 0 Å². The summed E-state index contributed by atoms with van der Waals surface area (Å²) in [5.41, 5.74) is 1.83. The lowest BCUT2D eigenvalue weighted by Gasteiger charge is -2.40. The van der Waals surface area contributed by atoms with Gasteiger partial charge in [-0.3, -0.25) is 14.6 Å². The maximum atomic E-state index is 14.1. The lowest BCUT2D eigenvalue weighted by Crippen LogP contribution is -2.53. The molecule has 3 amide bonds. The number of hydrogen-bond donors (Lipinski definition) is 1. The topological polar surface area (TPSA) is 91.4 Å². The zero-order valence-electron chi connectivity index (χ0n) is 21.9. The van der Waals surface area contributed by atoms with Crippen LogP contribution in [0.3, 0.4) is 0 Å². The molecule has 4 rings (SSSR count). The normalized spacial score (nSPS) is 18.3. The predicted molar refractivity (Wildman–Crippen MR) is 139 cm³/mol. The Kier molecular flexibility index (Phi) is 8.62. The highest BCUT2D eigenvalue weighted by atomic mass is 19.1. The van der Waals surface area contributed by atoms with Gasteiger partial charge in [0.25, 0.3) is 5.91 Å². The summed E-state index contributed by atoms with van der Waals surface area (Å²) in [4.78, 5) is 44.7. The van der Waals surface area contributed by atoms with E-state index in [1.54, 1.807) is 55.3 Å². The molecule has 2 aliphatic heterocycles. The number of esters is 1. The SMILES string of the molecule is CCOC(=O)C1=C(CN2CCN(C(=O)c3cccc(OC)c3)CC2)N(CC)C(=O)NC1c1cccc(F)c1. The Balaban J connectivity index is 1.58. The zero-order chi connectivity index (χ0) is 27.2. The molecule has 0 spiro atoms. The monoisotopic (exact) mass is 524 g/mol. The number of urea groups is 1. The van der Waals surface area contributed by atoms with Crippen molar-refractivity contribution < 1.29 is 28.2 Å². The van der Waals surface area contributed by atoms with Crippen LogP contribution >= 0.6 is 0 Å². The third kappa shape index (κ3) is 5.80. The van der Waals surface area contributed by atoms with Gasteiger partial charge in [0.2, 0.25) is 0 Å². The number of likely N-dealkylation sites (N-methyl/N-ethyl adjacent to an activating group) is 1. The lowest BCUT2D eigenvalue weighted by atomic mass is 9.94. The number of amides is 3. The van der Waals surface area contributed by atoms with E-state index < -0.39 is 17.8 Å². The van der Waals surface area contributed by atoms with E-state index in [-0.39, 0.29) is 24.1 Å². The molecule has 2 heterocycles. The summed E-state index contributed by atoms with van der Waals surface area (Å²) in [6.45, 7) is 6.45. The van der Waals surface area contributed by atoms with Crippen LogP contribution in [0.1, 0.15) is 35.8 Å². The van der Waals surface area contributed by atoms with Gasteiger partial charge in [-0.2, -0.15) is 0 Å². The van der Waals surface area contributed by atoms with Gasteiger partial charge in [0.1, 0.15) is 11.6 Å². The maximum Gasteiger partial charge on any atom is 0.338 e. The molecular formula is C28H33FN4O5. The Hall–Kier alpha value is -3.92. The zero-order valence-corrected chi connectivity index (χ0v) is 21.9. The van der Waals surface area contributed by atoms with Gasteiger partial charge < -0.3 is 19.7 Å². The van der Waals surface area contributed by atoms with Crippen LogP contribution in [-0.2, 0) is 9.53 Å². The molecule has 0 aliphatic carbocycles. The number of nitrogens with one attached hydrogen (secondary N) is 1. The molecular weight excluding hydrogens is 491 g/mol. The van der Waals surface area contributed by atoms with E-state index in [4.69, 9.17) is 9.47 Å². The minimum Gasteiger partial charge on any atom is -0.497 e. The Bertz CT molecular complexity index is 1230. The second-order valence-corrected chi connectivity index (χ2v) is 9.06. The fraction of sp³-hybridized carbons (Fsp3) is 0.393. The van der Waals surface area contributed by atoms with E-state index in [0.717, 1.165) is 0 Å². The summed E-state index contributed by atoms with van der Waals surface area (Å²) in [6.07, 6.45) is 0. The fourth-order valence-electron chi connectivity index (χ4n) is 4.85. The molecule has 1 saturated heterocycles. The van der Waals surface area contributed by atoms with E-state index in [9.17, 15) is 18.8 Å². The first-order chi connectivity index (χ1) is 18.4. The van der Waals surface area contributed by atoms with E-state index >= 15 is 0 Å². The van der Waals surface area contributed by atoms with E-state index in [2.05, 4.69) is 10.2 Å². The summed E-state index contributed by atoms with van der Waals surface area (Å²) in [5.74, 6) is -0.470. The number of carbonyl (C=O) groups is 3. The first kappa shape index (κ1) is 27.1. The quantitative estimate of drug-likeness (QED) is 0.534. The highest BCUT2D eigenvalue weighted by Gasteiger charge is 2.38. The average Bonchev–Trinajstić information content (AvgIpc) is 2.93. The van der Waals surface area contributed by atoms with Crippen molar-refractivity contribution >= 4 is 17.9 Å². The fourth-order valence-corrected chi connectivity index (χ4v) is 4.85. The van der Waals surface area contributed by atoms with E-state index in [1.165, 1.54) is 17.0 Å². The molecule has 2 aromatic carbocycles. The van der Waals surface area contributed by atoms with Crippen LogP contribution in [-0.4, -0.2) is 85.6 Å². The van der Waals surface area contributed by atoms with Crippen LogP contribution in [0.15, 0.2) is 59.8 Å². The van der Waals surface area contributed by atoms with Crippen LogP contribution in [0.2, 0.25) is 0 Å². The number of ether oxygens (including phenoxy) is 2. The number of methoxy groups -OCH3 is 1. The second-order valence-electron chi connectivity index (χ2n) is 9.06. The lowest BCUT2D eigenvalue weighted by molar-refractivity contribution is -0.139. The van der Waals surface area contributed by atoms with Gasteiger partial charge in [-0.25, -0.2) is 14.0 Å². The Morgan fingerprint density at radius 3 is 2.45 bits per heavy atom. The van der Waals surface area contributed by atoms with Gasteiger partial charge in [0.05, 0.1) is 25.3 Å². The van der Waals surface area contributed by atoms with Crippen LogP contribution in [0.5, 0.6) is 5.75 Å². The van der Waals surface area contributed by atoms with Crippen molar-refractivity contribution in [1.82, 2.24) is 20.0 Å². The molecule has 1 unspecified atom stereocenters. The second kappa shape index (κ2) is 12.1. The van der Waals surface area contributed by atoms with Crippen LogP contribution in [0, 0.1) is 5.82 Å². The van der Waals surface area contributed by atoms with Gasteiger partial charge in [0, 0.05) is 50.5 Å². The van der Waals surface area contributed by atoms with Crippen molar-refractivity contribution in [2.45, 2.75) is 19.9 Å². The van der Waals surface area contributed by atoms with Crippen molar-refractivity contribution in [3.05, 3.63) is 76.7 Å². The third-order valence-electron chi connectivity index (χ3n) is 6.78. The summed E-state index contributed by atoms with van der Waals surface area (Å²) < 4.78 is 24.7. The number of benzene rings is 2. The number of carbonyl (C=O) groups excluding carboxylic acids is 3. The minimum absolute atomic E-state index is 0.0756. The maximum absolute atomic E-state index is 14.1. The number of nitrogens with zero attached hydrogens (tertiary/aromatic N) is 3. The molecule has 1 atom stereocenters. The molecule has 1 fully saturated rings. The van der Waals surface area contributed by atoms with E-state index in [1.807, 2.05) is 6.92 Å². The van der Waals surface area contributed by atoms with Crippen molar-refractivity contribution in [2.24, 2.45) is 0 Å². The molecule has 1 N–H and O–H groups in total. The molecule has 0 radical (unpaired) electrons. The van der Waals surface area contributed by atoms with Gasteiger partial charge in [-0.1, -0.05) is 18.2 Å². The van der Waals surface area contributed by atoms with Gasteiger partial charge in [0.15, 0.2) is 0 Å². The highest BCUT2D eigenvalue weighted by Crippen LogP contribution is 2.32. The van der Waals surface area contributed by atoms with Gasteiger partial charge in [-0.05, 0) is 49.7 Å². The summed E-state index contributed by atoms with van der Waals surface area (Å²) in [5, 5.41) is 2.85. The Morgan fingerprint density at radius 2 is 1.79 bits per heavy atom. The van der Waals surface area contributed by atoms with Crippen LogP contribution in [0.4, 0.5) is 9.18 Å². The number of hydrogen-bond acceptors (Lipinski definition) is 6. The predicted octanol–water partition coefficient (Wildman–Crippen LogP) is 3.20. The standard InChI is InChI=1S/C28H33FN4O5/c1-4-33-23(18-31-12-14-32(15-13-31)26(34)20-9-7-11-22(17-20)37-3)24(27(35)38-5-2)25(30-28(33)36)19-8-6-10-21(29)16-19/h6-11,16-17,25H,4-5,12-15,18H2,1-3H3,(H,30,36). The van der Waals surface area contributed by atoms with Crippen LogP contribution in [0.25, 0.3) is 0 Å². The van der Waals surface area contributed by atoms with Crippen molar-refractivity contribution in [3.63, 3.8) is 0 Å². The summed E-state index contributed by atoms with van der Waals surface area (Å²) >= 11 is 0. The molecule has 9 nitrogen and oxygen atoms in total. The molecule has 0 bridgehead atoms. The molecule has 2 aromatic rings. The third-order valence-corrected chi connectivity index (χ3v) is 6.78. The largest absolute Gasteiger partial charge is 0.497 e. The molecule has 0 aromatic heterocycles. The van der Waals surface area contributed by atoms with Crippen LogP contribution < -0.4 is 10.1 Å². The highest BCUT2D eigenvalue weighted by molar-refractivity contribution is 5.95. The van der Waals surface area contributed by atoms with Crippen molar-refractivity contribution in [2.75, 3.05) is 53.0 Å². The Morgan fingerprint density at radius 1 is 1.05 bits per heavy atom. The molecule has 10 heteroatoms. The molecule has 2 aliphatic rings. The Labute approximate surface area is 221 Å². The smallest absolute Gasteiger partial charge is 0.338 e. The molecule has 202 valence electrons. The first-order valence-corrected chi connectivity index (χ1v) is 12.8. The first-order valence-electron chi connectivity index (χ1n) is 12.8. The minimum atomic E-state index is -0.842. The number of rotatable bonds is 8. The van der Waals surface area contributed by atoms with Gasteiger partial charge >= 0.3 is 12.0 Å². The molecule has 0 saturated carbocycles. The summed E-state index contributed by atoms with van der Waals surface area (Å²) in [6, 6.07) is 11.7. The van der Waals surface area contributed by atoms with Gasteiger partial charge in [-0.15, -0.1) is 0 Å². The van der Waals surface area contributed by atoms with Crippen molar-refractivity contribution in [3.8, 4) is 5.75 Å². The molecule has 38 heavy (non-hydrogen) atoms. The average molecular weight is 525 g/mol. The number of halogens is 1. The van der Waals surface area contributed by atoms with E-state index in [0.29, 0.717) is 61.8 Å². The summed E-state index contributed by atoms with van der Waals surface area (Å²) in [7, 11) is 1.56. The number of piperazine rings is 1.